The predicted octanol–water partition coefficient (Wildman–Crippen LogP) is 2.84. The fourth-order valence-corrected chi connectivity index (χ4v) is 1.86. The van der Waals surface area contributed by atoms with Crippen LogP contribution in [0, 0.1) is 11.3 Å². The Labute approximate surface area is 133 Å². The molecular formula is C15H14ClN5O. The minimum Gasteiger partial charge on any atom is -0.368 e. The Kier molecular flexibility index (Phi) is 5.57. The van der Waals surface area contributed by atoms with E-state index in [0.717, 1.165) is 5.82 Å². The van der Waals surface area contributed by atoms with E-state index in [0.29, 0.717) is 29.4 Å². The molecule has 7 heteroatoms. The highest BCUT2D eigenvalue weighted by Gasteiger charge is 2.06. The Morgan fingerprint density at radius 1 is 1.27 bits per heavy atom. The number of nitrogens with zero attached hydrogens (tertiary/aromatic N) is 2. The zero-order chi connectivity index (χ0) is 15.8. The molecule has 2 rings (SSSR count). The van der Waals surface area contributed by atoms with Crippen LogP contribution in [0.15, 0.2) is 42.6 Å². The molecule has 6 nitrogen and oxygen atoms in total. The highest BCUT2D eigenvalue weighted by atomic mass is 35.5. The highest BCUT2D eigenvalue weighted by Crippen LogP contribution is 2.22. The van der Waals surface area contributed by atoms with Crippen molar-refractivity contribution >= 4 is 29.1 Å². The van der Waals surface area contributed by atoms with E-state index in [-0.39, 0.29) is 6.03 Å². The number of aromatic nitrogens is 1. The molecule has 0 saturated heterocycles. The van der Waals surface area contributed by atoms with Crippen LogP contribution in [0.2, 0.25) is 5.02 Å². The molecule has 0 unspecified atom stereocenters. The molecule has 0 saturated carbocycles. The van der Waals surface area contributed by atoms with Crippen LogP contribution in [0.5, 0.6) is 0 Å². The summed E-state index contributed by atoms with van der Waals surface area (Å²) in [5.74, 6) is 0.745. The lowest BCUT2D eigenvalue weighted by molar-refractivity contribution is 0.252. The van der Waals surface area contributed by atoms with Crippen LogP contribution in [0.25, 0.3) is 0 Å². The Morgan fingerprint density at radius 2 is 2.14 bits per heavy atom. The Bertz CT molecular complexity index is 684. The van der Waals surface area contributed by atoms with Gasteiger partial charge in [-0.15, -0.1) is 0 Å². The summed E-state index contributed by atoms with van der Waals surface area (Å²) in [6, 6.07) is 11.8. The molecule has 0 spiro atoms. The maximum absolute atomic E-state index is 11.8. The van der Waals surface area contributed by atoms with Gasteiger partial charge in [0.25, 0.3) is 0 Å². The highest BCUT2D eigenvalue weighted by molar-refractivity contribution is 6.33. The lowest BCUT2D eigenvalue weighted by atomic mass is 10.2. The van der Waals surface area contributed by atoms with Crippen molar-refractivity contribution in [3.05, 3.63) is 53.2 Å². The molecule has 3 N–H and O–H groups in total. The molecule has 0 radical (unpaired) electrons. The maximum Gasteiger partial charge on any atom is 0.319 e. The number of hydrogen-bond donors (Lipinski definition) is 3. The average Bonchev–Trinajstić information content (AvgIpc) is 2.54. The first-order valence-corrected chi connectivity index (χ1v) is 6.96. The van der Waals surface area contributed by atoms with E-state index >= 15 is 0 Å². The van der Waals surface area contributed by atoms with Crippen LogP contribution in [0.1, 0.15) is 5.56 Å². The third kappa shape index (κ3) is 4.65. The molecule has 0 aliphatic rings. The number of hydrogen-bond acceptors (Lipinski definition) is 4. The van der Waals surface area contributed by atoms with Crippen LogP contribution < -0.4 is 16.0 Å². The first kappa shape index (κ1) is 15.6. The molecular weight excluding hydrogens is 302 g/mol. The van der Waals surface area contributed by atoms with Gasteiger partial charge >= 0.3 is 6.03 Å². The molecule has 0 aliphatic carbocycles. The fraction of sp³-hybridized carbons (Fsp3) is 0.133. The second kappa shape index (κ2) is 7.86. The molecule has 1 heterocycles. The molecule has 1 aromatic heterocycles. The van der Waals surface area contributed by atoms with Gasteiger partial charge in [0.05, 0.1) is 22.3 Å². The van der Waals surface area contributed by atoms with Gasteiger partial charge in [0.1, 0.15) is 5.82 Å². The molecule has 0 atom stereocenters. The summed E-state index contributed by atoms with van der Waals surface area (Å²) >= 11 is 5.97. The van der Waals surface area contributed by atoms with Crippen molar-refractivity contribution in [3.8, 4) is 6.07 Å². The summed E-state index contributed by atoms with van der Waals surface area (Å²) in [7, 11) is 0. The van der Waals surface area contributed by atoms with E-state index in [4.69, 9.17) is 16.9 Å². The summed E-state index contributed by atoms with van der Waals surface area (Å²) in [6.07, 6.45) is 1.69. The lowest BCUT2D eigenvalue weighted by Gasteiger charge is -2.10. The number of nitrogens with one attached hydrogen (secondary N) is 3. The van der Waals surface area contributed by atoms with Crippen molar-refractivity contribution < 1.29 is 4.79 Å². The van der Waals surface area contributed by atoms with E-state index in [9.17, 15) is 4.79 Å². The zero-order valence-corrected chi connectivity index (χ0v) is 12.4. The summed E-state index contributed by atoms with van der Waals surface area (Å²) in [5.41, 5.74) is 0.826. The van der Waals surface area contributed by atoms with Crippen molar-refractivity contribution in [1.82, 2.24) is 10.3 Å². The lowest BCUT2D eigenvalue weighted by Crippen LogP contribution is -2.32. The third-order valence-corrected chi connectivity index (χ3v) is 3.05. The monoisotopic (exact) mass is 315 g/mol. The van der Waals surface area contributed by atoms with Gasteiger partial charge < -0.3 is 16.0 Å². The van der Waals surface area contributed by atoms with Crippen LogP contribution >= 0.6 is 11.6 Å². The minimum absolute atomic E-state index is 0.376. The van der Waals surface area contributed by atoms with Crippen LogP contribution in [-0.4, -0.2) is 24.1 Å². The van der Waals surface area contributed by atoms with E-state index in [2.05, 4.69) is 20.9 Å². The van der Waals surface area contributed by atoms with Crippen molar-refractivity contribution in [1.29, 1.82) is 5.26 Å². The summed E-state index contributed by atoms with van der Waals surface area (Å²) in [4.78, 5) is 15.9. The van der Waals surface area contributed by atoms with Crippen LogP contribution in [-0.2, 0) is 0 Å². The average molecular weight is 316 g/mol. The first-order chi connectivity index (χ1) is 10.7. The van der Waals surface area contributed by atoms with Crippen molar-refractivity contribution in [2.24, 2.45) is 0 Å². The van der Waals surface area contributed by atoms with E-state index in [1.807, 2.05) is 24.3 Å². The number of anilines is 2. The van der Waals surface area contributed by atoms with Gasteiger partial charge in [-0.1, -0.05) is 17.7 Å². The summed E-state index contributed by atoms with van der Waals surface area (Å²) in [5, 5.41) is 17.6. The van der Waals surface area contributed by atoms with Gasteiger partial charge in [0.2, 0.25) is 0 Å². The van der Waals surface area contributed by atoms with Gasteiger partial charge in [-0.25, -0.2) is 9.78 Å². The molecule has 22 heavy (non-hydrogen) atoms. The Balaban J connectivity index is 1.78. The quantitative estimate of drug-likeness (QED) is 0.740. The molecule has 0 fully saturated rings. The first-order valence-electron chi connectivity index (χ1n) is 6.58. The van der Waals surface area contributed by atoms with Crippen molar-refractivity contribution in [2.75, 3.05) is 23.7 Å². The second-order valence-corrected chi connectivity index (χ2v) is 4.74. The molecule has 0 bridgehead atoms. The van der Waals surface area contributed by atoms with Gasteiger partial charge in [-0.05, 0) is 30.3 Å². The Hall–Kier alpha value is -2.78. The topological polar surface area (TPSA) is 89.8 Å². The van der Waals surface area contributed by atoms with E-state index in [1.54, 1.807) is 18.3 Å². The number of carbonyl (C=O) groups excluding carboxylic acids is 1. The maximum atomic E-state index is 11.8. The molecule has 1 aromatic carbocycles. The summed E-state index contributed by atoms with van der Waals surface area (Å²) < 4.78 is 0. The number of rotatable bonds is 5. The number of urea groups is 1. The van der Waals surface area contributed by atoms with Crippen LogP contribution in [0.3, 0.4) is 0 Å². The number of amides is 2. The van der Waals surface area contributed by atoms with Gasteiger partial charge in [-0.3, -0.25) is 0 Å². The van der Waals surface area contributed by atoms with E-state index in [1.165, 1.54) is 6.07 Å². The van der Waals surface area contributed by atoms with Crippen molar-refractivity contribution in [2.45, 2.75) is 0 Å². The number of carbonyl (C=O) groups is 1. The number of nitriles is 1. The normalized spacial score (nSPS) is 9.64. The number of halogens is 1. The predicted molar refractivity (Wildman–Crippen MR) is 85.9 cm³/mol. The van der Waals surface area contributed by atoms with Gasteiger partial charge in [0, 0.05) is 19.3 Å². The number of pyridine rings is 1. The Morgan fingerprint density at radius 3 is 2.86 bits per heavy atom. The SMILES string of the molecule is N#Cc1ccc(Cl)c(NC(=O)NCCNc2ccccn2)c1. The standard InChI is InChI=1S/C15H14ClN5O/c16-12-5-4-11(10-17)9-13(12)21-15(22)20-8-7-19-14-3-1-2-6-18-14/h1-6,9H,7-8H2,(H,18,19)(H2,20,21,22). The third-order valence-electron chi connectivity index (χ3n) is 2.73. The molecule has 112 valence electrons. The smallest absolute Gasteiger partial charge is 0.319 e. The number of benzene rings is 1. The van der Waals surface area contributed by atoms with Crippen LogP contribution in [0.4, 0.5) is 16.3 Å². The molecule has 2 aromatic rings. The minimum atomic E-state index is -0.389. The van der Waals surface area contributed by atoms with Gasteiger partial charge in [-0.2, -0.15) is 5.26 Å². The van der Waals surface area contributed by atoms with Gasteiger partial charge in [0.15, 0.2) is 0 Å². The zero-order valence-electron chi connectivity index (χ0n) is 11.6. The van der Waals surface area contributed by atoms with E-state index < -0.39 is 0 Å². The summed E-state index contributed by atoms with van der Waals surface area (Å²) in [6.45, 7) is 0.953. The molecule has 0 aliphatic heterocycles. The fourth-order valence-electron chi connectivity index (χ4n) is 1.69. The largest absolute Gasteiger partial charge is 0.368 e. The van der Waals surface area contributed by atoms with Crippen molar-refractivity contribution in [3.63, 3.8) is 0 Å². The second-order valence-electron chi connectivity index (χ2n) is 4.33. The molecule has 2 amide bonds.